The van der Waals surface area contributed by atoms with Gasteiger partial charge in [0.05, 0.1) is 16.9 Å². The third kappa shape index (κ3) is 4.35. The second-order valence-corrected chi connectivity index (χ2v) is 11.0. The third-order valence-electron chi connectivity index (χ3n) is 5.07. The first-order valence-electron chi connectivity index (χ1n) is 9.85. The van der Waals surface area contributed by atoms with Gasteiger partial charge in [-0.05, 0) is 0 Å². The number of rotatable bonds is 6. The smallest absolute Gasteiger partial charge is 0.258 e. The lowest BCUT2D eigenvalue weighted by Gasteiger charge is -2.26. The second-order valence-electron chi connectivity index (χ2n) is 7.05. The van der Waals surface area contributed by atoms with Crippen LogP contribution in [0.3, 0.4) is 0 Å². The Morgan fingerprint density at radius 1 is 0.636 bits per heavy atom. The minimum absolute atomic E-state index is 0.239. The van der Waals surface area contributed by atoms with Crippen molar-refractivity contribution < 1.29 is 9.85 Å². The molecule has 7 nitrogen and oxygen atoms in total. The van der Waals surface area contributed by atoms with Gasteiger partial charge in [0.15, 0.2) is 0 Å². The van der Waals surface area contributed by atoms with Crippen molar-refractivity contribution in [2.24, 2.45) is 4.74 Å². The molecule has 164 valence electrons. The molecule has 0 heterocycles. The zero-order chi connectivity index (χ0) is 23.4. The Bertz CT molecular complexity index is 1240. The summed E-state index contributed by atoms with van der Waals surface area (Å²) in [4.78, 5) is 22.7. The number of halogens is 1. The van der Waals surface area contributed by atoms with E-state index < -0.39 is 28.3 Å². The zero-order valence-electron chi connectivity index (χ0n) is 17.1. The van der Waals surface area contributed by atoms with Gasteiger partial charge in [-0.2, -0.15) is 0 Å². The van der Waals surface area contributed by atoms with Gasteiger partial charge in [-0.3, -0.25) is 20.2 Å². The van der Waals surface area contributed by atoms with Gasteiger partial charge in [0.25, 0.3) is 0 Å². The summed E-state index contributed by atoms with van der Waals surface area (Å²) in [6, 6.07) is 30.8. The minimum Gasteiger partial charge on any atom is -0.258 e. The van der Waals surface area contributed by atoms with E-state index in [0.717, 1.165) is 15.9 Å². The average molecular weight is 522 g/mol. The number of nitro benzene ring substituents is 2. The van der Waals surface area contributed by atoms with Gasteiger partial charge in [0.1, 0.15) is 0 Å². The number of nitro groups is 2. The van der Waals surface area contributed by atoms with Crippen LogP contribution in [0, 0.1) is 20.2 Å². The minimum atomic E-state index is -2.92. The number of nitrogens with zero attached hydrogens (tertiary/aromatic N) is 3. The molecule has 33 heavy (non-hydrogen) atoms. The van der Waals surface area contributed by atoms with E-state index >= 15 is 0 Å². The Hall–Kier alpha value is -3.61. The first-order chi connectivity index (χ1) is 15.9. The molecule has 0 N–H and O–H groups in total. The molecule has 0 unspecified atom stereocenters. The van der Waals surface area contributed by atoms with Crippen molar-refractivity contribution >= 4 is 56.0 Å². The van der Waals surface area contributed by atoms with Gasteiger partial charge >= 0.3 is 11.4 Å². The monoisotopic (exact) mass is 521 g/mol. The Kier molecular flexibility index (Phi) is 6.49. The van der Waals surface area contributed by atoms with Crippen LogP contribution in [0.15, 0.2) is 112 Å². The summed E-state index contributed by atoms with van der Waals surface area (Å²) in [5.41, 5.74) is -1.11. The molecule has 0 atom stereocenters. The van der Waals surface area contributed by atoms with Crippen LogP contribution < -0.4 is 15.9 Å². The highest BCUT2D eigenvalue weighted by atomic mass is 79.9. The van der Waals surface area contributed by atoms with Crippen LogP contribution in [0.2, 0.25) is 0 Å². The van der Waals surface area contributed by atoms with Crippen LogP contribution in [-0.4, -0.2) is 9.85 Å². The van der Waals surface area contributed by atoms with Crippen molar-refractivity contribution in [3.63, 3.8) is 0 Å². The van der Waals surface area contributed by atoms with Crippen molar-refractivity contribution in [1.29, 1.82) is 0 Å². The lowest BCUT2D eigenvalue weighted by molar-refractivity contribution is -0.392. The third-order valence-corrected chi connectivity index (χ3v) is 9.16. The number of hydrogen-bond acceptors (Lipinski definition) is 5. The maximum atomic E-state index is 12.0. The Morgan fingerprint density at radius 3 is 1.27 bits per heavy atom. The van der Waals surface area contributed by atoms with E-state index in [1.54, 1.807) is 0 Å². The van der Waals surface area contributed by atoms with Crippen LogP contribution in [0.5, 0.6) is 0 Å². The Labute approximate surface area is 198 Å². The quantitative estimate of drug-likeness (QED) is 0.174. The summed E-state index contributed by atoms with van der Waals surface area (Å²) in [6.45, 7) is 0. The molecular formula is C24H17BrN3O4P. The molecule has 0 aliphatic heterocycles. The van der Waals surface area contributed by atoms with Crippen LogP contribution in [-0.2, 0) is 0 Å². The highest BCUT2D eigenvalue weighted by Crippen LogP contribution is 2.53. The second kappa shape index (κ2) is 9.48. The molecule has 0 amide bonds. The van der Waals surface area contributed by atoms with E-state index in [-0.39, 0.29) is 10.2 Å². The van der Waals surface area contributed by atoms with Crippen LogP contribution >= 0.6 is 23.0 Å². The van der Waals surface area contributed by atoms with Crippen LogP contribution in [0.25, 0.3) is 0 Å². The van der Waals surface area contributed by atoms with Gasteiger partial charge in [-0.15, -0.1) is 0 Å². The Balaban J connectivity index is 2.26. The molecular weight excluding hydrogens is 505 g/mol. The van der Waals surface area contributed by atoms with Crippen molar-refractivity contribution in [3.05, 3.63) is 128 Å². The van der Waals surface area contributed by atoms with E-state index in [1.165, 1.54) is 12.1 Å². The summed E-state index contributed by atoms with van der Waals surface area (Å²) < 4.78 is 5.23. The Morgan fingerprint density at radius 2 is 0.970 bits per heavy atom. The molecule has 0 aromatic heterocycles. The van der Waals surface area contributed by atoms with Crippen molar-refractivity contribution in [2.45, 2.75) is 0 Å². The number of hydrogen-bond donors (Lipinski definition) is 0. The molecule has 4 aromatic rings. The molecule has 0 aliphatic rings. The molecule has 0 bridgehead atoms. The average Bonchev–Trinajstić information content (AvgIpc) is 2.84. The van der Waals surface area contributed by atoms with Crippen LogP contribution in [0.4, 0.5) is 17.1 Å². The van der Waals surface area contributed by atoms with E-state index in [4.69, 9.17) is 4.74 Å². The normalized spacial score (nSPS) is 11.1. The lowest BCUT2D eigenvalue weighted by Crippen LogP contribution is -2.25. The first-order valence-corrected chi connectivity index (χ1v) is 12.4. The fourth-order valence-corrected chi connectivity index (χ4v) is 7.64. The number of benzene rings is 4. The highest BCUT2D eigenvalue weighted by molar-refractivity contribution is 9.10. The summed E-state index contributed by atoms with van der Waals surface area (Å²) in [5.74, 6) is 0. The molecule has 4 aromatic carbocycles. The van der Waals surface area contributed by atoms with Gasteiger partial charge in [0.2, 0.25) is 5.69 Å². The van der Waals surface area contributed by atoms with Crippen molar-refractivity contribution in [2.75, 3.05) is 0 Å². The molecule has 0 saturated heterocycles. The molecule has 0 saturated carbocycles. The standard InChI is InChI=1S/C24H17BrN3O4P/c25-18-16-22(27(29)30)24(23(17-18)28(31)32)26-33(19-10-4-1-5-11-19,20-12-6-2-7-13-20)21-14-8-3-9-15-21/h1-17H. The largest absolute Gasteiger partial charge is 0.303 e. The van der Waals surface area contributed by atoms with Gasteiger partial charge in [0, 0.05) is 32.5 Å². The molecule has 0 spiro atoms. The van der Waals surface area contributed by atoms with Crippen molar-refractivity contribution in [1.82, 2.24) is 0 Å². The SMILES string of the molecule is O=[N+]([O-])c1cc(Br)cc([N+](=O)[O-])c1N=P(c1ccccc1)(c1ccccc1)c1ccccc1. The zero-order valence-corrected chi connectivity index (χ0v) is 19.6. The summed E-state index contributed by atoms with van der Waals surface area (Å²) in [7, 11) is -2.92. The highest BCUT2D eigenvalue weighted by Gasteiger charge is 2.33. The van der Waals surface area contributed by atoms with Crippen LogP contribution in [0.1, 0.15) is 0 Å². The molecule has 0 radical (unpaired) electrons. The lowest BCUT2D eigenvalue weighted by atomic mass is 10.2. The summed E-state index contributed by atoms with van der Waals surface area (Å²) >= 11 is 3.16. The predicted octanol–water partition coefficient (Wildman–Crippen LogP) is 6.07. The predicted molar refractivity (Wildman–Crippen MR) is 135 cm³/mol. The molecule has 0 fully saturated rings. The van der Waals surface area contributed by atoms with E-state index in [1.807, 2.05) is 91.0 Å². The molecule has 0 aliphatic carbocycles. The topological polar surface area (TPSA) is 98.6 Å². The van der Waals surface area contributed by atoms with Gasteiger partial charge in [-0.1, -0.05) is 107 Å². The van der Waals surface area contributed by atoms with Crippen molar-refractivity contribution in [3.8, 4) is 0 Å². The maximum Gasteiger partial charge on any atom is 0.303 e. The fraction of sp³-hybridized carbons (Fsp3) is 0. The first kappa shape index (κ1) is 22.6. The fourth-order valence-electron chi connectivity index (χ4n) is 3.65. The van der Waals surface area contributed by atoms with Gasteiger partial charge in [-0.25, -0.2) is 4.74 Å². The van der Waals surface area contributed by atoms with E-state index in [9.17, 15) is 20.2 Å². The molecule has 9 heteroatoms. The van der Waals surface area contributed by atoms with E-state index in [0.29, 0.717) is 0 Å². The van der Waals surface area contributed by atoms with Gasteiger partial charge < -0.3 is 0 Å². The summed E-state index contributed by atoms with van der Waals surface area (Å²) in [6.07, 6.45) is 0. The van der Waals surface area contributed by atoms with E-state index in [2.05, 4.69) is 15.9 Å². The summed E-state index contributed by atoms with van der Waals surface area (Å²) in [5, 5.41) is 26.4. The molecule has 4 rings (SSSR count). The maximum absolute atomic E-state index is 12.0.